The van der Waals surface area contributed by atoms with Crippen LogP contribution in [0.2, 0.25) is 0 Å². The monoisotopic (exact) mass is 358 g/mol. The Bertz CT molecular complexity index is 684. The summed E-state index contributed by atoms with van der Waals surface area (Å²) in [6, 6.07) is 6.62. The lowest BCUT2D eigenvalue weighted by Gasteiger charge is -2.20. The lowest BCUT2D eigenvalue weighted by atomic mass is 9.86. The fraction of sp³-hybridized carbons (Fsp3) is 0.550. The first-order valence-electron chi connectivity index (χ1n) is 9.19. The molecule has 1 N–H and O–H groups in total. The van der Waals surface area contributed by atoms with Crippen LogP contribution in [-0.4, -0.2) is 43.4 Å². The summed E-state index contributed by atoms with van der Waals surface area (Å²) in [5.74, 6) is 1.14. The van der Waals surface area contributed by atoms with Crippen molar-refractivity contribution in [3.8, 4) is 0 Å². The number of carbonyl (C=O) groups is 3. The first-order valence-corrected chi connectivity index (χ1v) is 9.19. The first kappa shape index (κ1) is 18.4. The number of benzene rings is 1. The van der Waals surface area contributed by atoms with Gasteiger partial charge in [0.1, 0.15) is 0 Å². The molecule has 26 heavy (non-hydrogen) atoms. The number of amides is 2. The molecule has 2 aliphatic rings. The molecule has 2 fully saturated rings. The molecule has 3 rings (SSSR count). The number of nitrogens with zero attached hydrogens (tertiary/aromatic N) is 1. The molecule has 2 aliphatic carbocycles. The summed E-state index contributed by atoms with van der Waals surface area (Å²) in [5.41, 5.74) is 1.11. The van der Waals surface area contributed by atoms with Crippen LogP contribution in [0.15, 0.2) is 24.3 Å². The summed E-state index contributed by atoms with van der Waals surface area (Å²) in [5, 5.41) is 2.67. The summed E-state index contributed by atoms with van der Waals surface area (Å²) < 4.78 is 5.13. The maximum atomic E-state index is 12.0. The van der Waals surface area contributed by atoms with Crippen LogP contribution in [0.3, 0.4) is 0 Å². The highest BCUT2D eigenvalue weighted by molar-refractivity contribution is 5.96. The summed E-state index contributed by atoms with van der Waals surface area (Å²) in [6.45, 7) is -0.280. The van der Waals surface area contributed by atoms with Gasteiger partial charge in [0.05, 0.1) is 0 Å². The number of hydrogen-bond acceptors (Lipinski definition) is 4. The zero-order chi connectivity index (χ0) is 18.7. The molecule has 1 aromatic rings. The van der Waals surface area contributed by atoms with Crippen LogP contribution in [-0.2, 0) is 14.3 Å². The Balaban J connectivity index is 1.41. The van der Waals surface area contributed by atoms with E-state index >= 15 is 0 Å². The number of ether oxygens (including phenoxy) is 1. The minimum Gasteiger partial charge on any atom is -0.456 e. The molecular weight excluding hydrogens is 332 g/mol. The molecule has 6 heteroatoms. The van der Waals surface area contributed by atoms with Crippen molar-refractivity contribution in [3.63, 3.8) is 0 Å². The number of rotatable bonds is 6. The van der Waals surface area contributed by atoms with Gasteiger partial charge in [0.2, 0.25) is 0 Å². The molecule has 3 atom stereocenters. The SMILES string of the molecule is CN(C)C(=O)c1ccc(NC(=O)COC(=O)C[C@@H]2C[C@H]3CC[C@@H]2C3)cc1. The van der Waals surface area contributed by atoms with E-state index in [0.29, 0.717) is 29.5 Å². The van der Waals surface area contributed by atoms with E-state index in [4.69, 9.17) is 4.74 Å². The minimum absolute atomic E-state index is 0.0996. The Morgan fingerprint density at radius 1 is 1.12 bits per heavy atom. The normalized spacial score (nSPS) is 23.5. The van der Waals surface area contributed by atoms with E-state index in [1.54, 1.807) is 38.4 Å². The molecule has 2 amide bonds. The maximum Gasteiger partial charge on any atom is 0.306 e. The Kier molecular flexibility index (Phi) is 5.59. The van der Waals surface area contributed by atoms with Crippen molar-refractivity contribution in [2.24, 2.45) is 17.8 Å². The fourth-order valence-corrected chi connectivity index (χ4v) is 4.20. The van der Waals surface area contributed by atoms with Crippen LogP contribution in [0.1, 0.15) is 42.5 Å². The van der Waals surface area contributed by atoms with E-state index in [0.717, 1.165) is 12.3 Å². The maximum absolute atomic E-state index is 12.0. The summed E-state index contributed by atoms with van der Waals surface area (Å²) >= 11 is 0. The predicted molar refractivity (Wildman–Crippen MR) is 97.6 cm³/mol. The molecule has 0 heterocycles. The lowest BCUT2D eigenvalue weighted by molar-refractivity contribution is -0.148. The van der Waals surface area contributed by atoms with Crippen molar-refractivity contribution in [2.75, 3.05) is 26.0 Å². The second-order valence-electron chi connectivity index (χ2n) is 7.62. The topological polar surface area (TPSA) is 75.7 Å². The molecule has 1 aromatic carbocycles. The Hall–Kier alpha value is -2.37. The van der Waals surface area contributed by atoms with Gasteiger partial charge in [-0.3, -0.25) is 14.4 Å². The van der Waals surface area contributed by atoms with E-state index in [1.807, 2.05) is 0 Å². The van der Waals surface area contributed by atoms with Gasteiger partial charge < -0.3 is 15.0 Å². The van der Waals surface area contributed by atoms with E-state index < -0.39 is 0 Å². The zero-order valence-electron chi connectivity index (χ0n) is 15.4. The third-order valence-corrected chi connectivity index (χ3v) is 5.50. The van der Waals surface area contributed by atoms with Crippen molar-refractivity contribution in [1.82, 2.24) is 4.90 Å². The van der Waals surface area contributed by atoms with Crippen LogP contribution >= 0.6 is 0 Å². The molecule has 140 valence electrons. The molecule has 6 nitrogen and oxygen atoms in total. The fourth-order valence-electron chi connectivity index (χ4n) is 4.20. The van der Waals surface area contributed by atoms with Gasteiger partial charge in [-0.25, -0.2) is 0 Å². The number of carbonyl (C=O) groups excluding carboxylic acids is 3. The van der Waals surface area contributed by atoms with Crippen molar-refractivity contribution >= 4 is 23.5 Å². The standard InChI is InChI=1S/C20H26N2O4/c1-22(2)20(25)14-5-7-17(8-6-14)21-18(23)12-26-19(24)11-16-10-13-3-4-15(16)9-13/h5-8,13,15-16H,3-4,9-12H2,1-2H3,(H,21,23)/t13-,15+,16-/m0/s1. The van der Waals surface area contributed by atoms with Crippen LogP contribution in [0, 0.1) is 17.8 Å². The molecule has 0 radical (unpaired) electrons. The highest BCUT2D eigenvalue weighted by Gasteiger charge is 2.40. The number of esters is 1. The van der Waals surface area contributed by atoms with Crippen LogP contribution < -0.4 is 5.32 Å². The van der Waals surface area contributed by atoms with Gasteiger partial charge in [-0.2, -0.15) is 0 Å². The molecule has 0 aromatic heterocycles. The molecule has 0 aliphatic heterocycles. The minimum atomic E-state index is -0.377. The van der Waals surface area contributed by atoms with Gasteiger partial charge in [0, 0.05) is 31.8 Å². The van der Waals surface area contributed by atoms with Gasteiger partial charge in [-0.1, -0.05) is 6.42 Å². The number of nitrogens with one attached hydrogen (secondary N) is 1. The smallest absolute Gasteiger partial charge is 0.306 e. The van der Waals surface area contributed by atoms with Crippen molar-refractivity contribution in [3.05, 3.63) is 29.8 Å². The lowest BCUT2D eigenvalue weighted by Crippen LogP contribution is -2.23. The molecule has 0 unspecified atom stereocenters. The largest absolute Gasteiger partial charge is 0.456 e. The third kappa shape index (κ3) is 4.42. The third-order valence-electron chi connectivity index (χ3n) is 5.50. The first-order chi connectivity index (χ1) is 12.4. The van der Waals surface area contributed by atoms with Crippen LogP contribution in [0.25, 0.3) is 0 Å². The summed E-state index contributed by atoms with van der Waals surface area (Å²) in [4.78, 5) is 37.2. The summed E-state index contributed by atoms with van der Waals surface area (Å²) in [7, 11) is 3.37. The van der Waals surface area contributed by atoms with E-state index in [-0.39, 0.29) is 24.4 Å². The molecule has 0 spiro atoms. The van der Waals surface area contributed by atoms with Crippen LogP contribution in [0.5, 0.6) is 0 Å². The van der Waals surface area contributed by atoms with Crippen molar-refractivity contribution in [2.45, 2.75) is 32.1 Å². The van der Waals surface area contributed by atoms with Gasteiger partial charge in [0.25, 0.3) is 11.8 Å². The van der Waals surface area contributed by atoms with Gasteiger partial charge in [-0.05, 0) is 61.3 Å². The Labute approximate surface area is 153 Å². The van der Waals surface area contributed by atoms with Crippen molar-refractivity contribution < 1.29 is 19.1 Å². The van der Waals surface area contributed by atoms with Gasteiger partial charge in [0.15, 0.2) is 6.61 Å². The zero-order valence-corrected chi connectivity index (χ0v) is 15.4. The molecular formula is C20H26N2O4. The Morgan fingerprint density at radius 2 is 1.85 bits per heavy atom. The highest BCUT2D eigenvalue weighted by Crippen LogP contribution is 2.49. The predicted octanol–water partition coefficient (Wildman–Crippen LogP) is 2.70. The second-order valence-corrected chi connectivity index (χ2v) is 7.62. The summed E-state index contributed by atoms with van der Waals surface area (Å²) in [6.07, 6.45) is 5.34. The average molecular weight is 358 g/mol. The quantitative estimate of drug-likeness (QED) is 0.794. The molecule has 2 bridgehead atoms. The van der Waals surface area contributed by atoms with E-state index in [2.05, 4.69) is 5.32 Å². The van der Waals surface area contributed by atoms with E-state index in [1.165, 1.54) is 24.2 Å². The Morgan fingerprint density at radius 3 is 2.42 bits per heavy atom. The number of anilines is 1. The van der Waals surface area contributed by atoms with Crippen LogP contribution in [0.4, 0.5) is 5.69 Å². The highest BCUT2D eigenvalue weighted by atomic mass is 16.5. The van der Waals surface area contributed by atoms with E-state index in [9.17, 15) is 14.4 Å². The second kappa shape index (κ2) is 7.89. The molecule has 0 saturated heterocycles. The van der Waals surface area contributed by atoms with Gasteiger partial charge in [-0.15, -0.1) is 0 Å². The number of hydrogen-bond donors (Lipinski definition) is 1. The molecule has 2 saturated carbocycles. The number of fused-ring (bicyclic) bond motifs is 2. The average Bonchev–Trinajstić information content (AvgIpc) is 3.23. The van der Waals surface area contributed by atoms with Crippen molar-refractivity contribution in [1.29, 1.82) is 0 Å². The van der Waals surface area contributed by atoms with Gasteiger partial charge >= 0.3 is 5.97 Å².